The molecule has 0 atom stereocenters. The van der Waals surface area contributed by atoms with Crippen LogP contribution in [0.25, 0.3) is 11.0 Å². The van der Waals surface area contributed by atoms with Crippen LogP contribution in [0.5, 0.6) is 0 Å². The van der Waals surface area contributed by atoms with Crippen LogP contribution in [0.15, 0.2) is 70.3 Å². The topological polar surface area (TPSA) is 104 Å². The molecule has 27 heavy (non-hydrogen) atoms. The molecule has 3 N–H and O–H groups in total. The summed E-state index contributed by atoms with van der Waals surface area (Å²) in [7, 11) is -3.75. The number of rotatable bonds is 5. The molecular weight excluding hydrogens is 384 g/mol. The summed E-state index contributed by atoms with van der Waals surface area (Å²) >= 11 is 1.10. The molecule has 1 amide bonds. The summed E-state index contributed by atoms with van der Waals surface area (Å²) < 4.78 is 27.6. The standard InChI is InChI=1S/C18H14N4O3S2/c23-17(21-18-19-14-8-3-4-9-15(14)20-18)12-6-1-2-7-13(12)22-27(24,25)16-10-5-11-26-16/h1-11,22H,(H2,19,20,21,23). The Morgan fingerprint density at radius 2 is 1.78 bits per heavy atom. The maximum absolute atomic E-state index is 12.7. The van der Waals surface area contributed by atoms with E-state index in [1.54, 1.807) is 35.7 Å². The molecule has 0 aliphatic carbocycles. The Bertz CT molecular complexity index is 1180. The van der Waals surface area contributed by atoms with Gasteiger partial charge in [0.25, 0.3) is 15.9 Å². The van der Waals surface area contributed by atoms with E-state index in [-0.39, 0.29) is 21.4 Å². The SMILES string of the molecule is O=C(Nc1nc2ccccc2[nH]1)c1ccccc1NS(=O)(=O)c1cccs1. The quantitative estimate of drug-likeness (QED) is 0.477. The lowest BCUT2D eigenvalue weighted by atomic mass is 10.2. The third-order valence-electron chi connectivity index (χ3n) is 3.80. The van der Waals surface area contributed by atoms with Gasteiger partial charge in [0, 0.05) is 0 Å². The Morgan fingerprint density at radius 1 is 1.00 bits per heavy atom. The lowest BCUT2D eigenvalue weighted by Gasteiger charge is -2.11. The van der Waals surface area contributed by atoms with Crippen molar-refractivity contribution in [1.29, 1.82) is 0 Å². The fourth-order valence-corrected chi connectivity index (χ4v) is 4.64. The third-order valence-corrected chi connectivity index (χ3v) is 6.56. The number of hydrogen-bond donors (Lipinski definition) is 3. The average Bonchev–Trinajstić information content (AvgIpc) is 3.31. The van der Waals surface area contributed by atoms with Crippen molar-refractivity contribution in [2.75, 3.05) is 10.0 Å². The first-order chi connectivity index (χ1) is 13.0. The van der Waals surface area contributed by atoms with Crippen molar-refractivity contribution in [2.24, 2.45) is 0 Å². The smallest absolute Gasteiger partial charge is 0.271 e. The average molecular weight is 398 g/mol. The van der Waals surface area contributed by atoms with Crippen molar-refractivity contribution in [3.8, 4) is 0 Å². The number of hydrogen-bond acceptors (Lipinski definition) is 5. The Morgan fingerprint density at radius 3 is 2.56 bits per heavy atom. The van der Waals surface area contributed by atoms with Crippen molar-refractivity contribution >= 4 is 49.9 Å². The van der Waals surface area contributed by atoms with Crippen LogP contribution in [0.2, 0.25) is 0 Å². The largest absolute Gasteiger partial charge is 0.324 e. The van der Waals surface area contributed by atoms with Crippen LogP contribution in [0.4, 0.5) is 11.6 Å². The number of imidazole rings is 1. The Labute approximate surface area is 159 Å². The highest BCUT2D eigenvalue weighted by Gasteiger charge is 2.20. The van der Waals surface area contributed by atoms with E-state index >= 15 is 0 Å². The van der Waals surface area contributed by atoms with Crippen LogP contribution in [0.1, 0.15) is 10.4 Å². The van der Waals surface area contributed by atoms with Crippen LogP contribution < -0.4 is 10.0 Å². The molecule has 0 spiro atoms. The van der Waals surface area contributed by atoms with Gasteiger partial charge in [-0.1, -0.05) is 30.3 Å². The van der Waals surface area contributed by atoms with Gasteiger partial charge in [-0.05, 0) is 35.7 Å². The predicted molar refractivity (Wildman–Crippen MR) is 106 cm³/mol. The molecule has 0 unspecified atom stereocenters. The summed E-state index contributed by atoms with van der Waals surface area (Å²) in [5.74, 6) is -0.185. The van der Waals surface area contributed by atoms with Crippen LogP contribution in [-0.4, -0.2) is 24.3 Å². The molecule has 136 valence electrons. The molecule has 0 fully saturated rings. The normalized spacial score (nSPS) is 11.4. The van der Waals surface area contributed by atoms with Crippen LogP contribution in [-0.2, 0) is 10.0 Å². The van der Waals surface area contributed by atoms with Gasteiger partial charge in [-0.25, -0.2) is 13.4 Å². The summed E-state index contributed by atoms with van der Waals surface area (Å²) in [6.07, 6.45) is 0. The minimum Gasteiger partial charge on any atom is -0.324 e. The number of carbonyl (C=O) groups excluding carboxylic acids is 1. The molecular formula is C18H14N4O3S2. The molecule has 0 bridgehead atoms. The monoisotopic (exact) mass is 398 g/mol. The molecule has 9 heteroatoms. The van der Waals surface area contributed by atoms with E-state index in [1.165, 1.54) is 6.07 Å². The first-order valence-electron chi connectivity index (χ1n) is 7.94. The second-order valence-corrected chi connectivity index (χ2v) is 8.50. The fraction of sp³-hybridized carbons (Fsp3) is 0. The highest BCUT2D eigenvalue weighted by Crippen LogP contribution is 2.23. The number of aromatic amines is 1. The third kappa shape index (κ3) is 3.55. The van der Waals surface area contributed by atoms with Gasteiger partial charge in [-0.15, -0.1) is 11.3 Å². The summed E-state index contributed by atoms with van der Waals surface area (Å²) in [5.41, 5.74) is 1.90. The number of thiophene rings is 1. The number of anilines is 2. The molecule has 0 aliphatic rings. The number of nitrogens with one attached hydrogen (secondary N) is 3. The maximum Gasteiger partial charge on any atom is 0.271 e. The maximum atomic E-state index is 12.7. The highest BCUT2D eigenvalue weighted by molar-refractivity contribution is 7.94. The second kappa shape index (κ2) is 6.86. The molecule has 0 saturated heterocycles. The summed E-state index contributed by atoms with van der Waals surface area (Å²) in [6.45, 7) is 0. The molecule has 0 aliphatic heterocycles. The van der Waals surface area contributed by atoms with Crippen molar-refractivity contribution in [1.82, 2.24) is 9.97 Å². The number of H-pyrrole nitrogens is 1. The molecule has 0 radical (unpaired) electrons. The van der Waals surface area contributed by atoms with E-state index in [9.17, 15) is 13.2 Å². The molecule has 2 heterocycles. The van der Waals surface area contributed by atoms with E-state index in [2.05, 4.69) is 20.0 Å². The van der Waals surface area contributed by atoms with Crippen molar-refractivity contribution in [2.45, 2.75) is 4.21 Å². The van der Waals surface area contributed by atoms with Gasteiger partial charge in [0.1, 0.15) is 4.21 Å². The van der Waals surface area contributed by atoms with E-state index in [0.717, 1.165) is 22.4 Å². The number of nitrogens with zero attached hydrogens (tertiary/aromatic N) is 1. The fourth-order valence-electron chi connectivity index (χ4n) is 2.57. The van der Waals surface area contributed by atoms with Crippen molar-refractivity contribution in [3.05, 3.63) is 71.6 Å². The zero-order chi connectivity index (χ0) is 18.9. The van der Waals surface area contributed by atoms with E-state index in [0.29, 0.717) is 0 Å². The predicted octanol–water partition coefficient (Wildman–Crippen LogP) is 3.68. The Balaban J connectivity index is 1.61. The molecule has 2 aromatic heterocycles. The van der Waals surface area contributed by atoms with Gasteiger partial charge in [0.05, 0.1) is 22.3 Å². The highest BCUT2D eigenvalue weighted by atomic mass is 32.2. The number of sulfonamides is 1. The molecule has 7 nitrogen and oxygen atoms in total. The minimum absolute atomic E-state index is 0.176. The molecule has 2 aromatic carbocycles. The summed E-state index contributed by atoms with van der Waals surface area (Å²) in [6, 6.07) is 16.9. The lowest BCUT2D eigenvalue weighted by molar-refractivity contribution is 0.102. The number of aromatic nitrogens is 2. The van der Waals surface area contributed by atoms with Gasteiger partial charge in [-0.2, -0.15) is 0 Å². The summed E-state index contributed by atoms with van der Waals surface area (Å²) in [5, 5.41) is 4.35. The van der Waals surface area contributed by atoms with E-state index < -0.39 is 15.9 Å². The minimum atomic E-state index is -3.75. The van der Waals surface area contributed by atoms with E-state index in [4.69, 9.17) is 0 Å². The van der Waals surface area contributed by atoms with Gasteiger partial charge < -0.3 is 4.98 Å². The molecule has 0 saturated carbocycles. The first kappa shape index (κ1) is 17.3. The first-order valence-corrected chi connectivity index (χ1v) is 10.3. The van der Waals surface area contributed by atoms with Crippen molar-refractivity contribution in [3.63, 3.8) is 0 Å². The number of amides is 1. The lowest BCUT2D eigenvalue weighted by Crippen LogP contribution is -2.18. The molecule has 4 rings (SSSR count). The Kier molecular flexibility index (Phi) is 4.38. The van der Waals surface area contributed by atoms with Gasteiger partial charge in [0.2, 0.25) is 5.95 Å². The zero-order valence-electron chi connectivity index (χ0n) is 13.8. The number of para-hydroxylation sites is 3. The number of benzene rings is 2. The molecule has 4 aromatic rings. The van der Waals surface area contributed by atoms with E-state index in [1.807, 2.05) is 24.3 Å². The Hall–Kier alpha value is -3.17. The van der Waals surface area contributed by atoms with Crippen molar-refractivity contribution < 1.29 is 13.2 Å². The van der Waals surface area contributed by atoms with Crippen LogP contribution in [0.3, 0.4) is 0 Å². The van der Waals surface area contributed by atoms with Gasteiger partial charge in [-0.3, -0.25) is 14.8 Å². The summed E-state index contributed by atoms with van der Waals surface area (Å²) in [4.78, 5) is 20.0. The van der Waals surface area contributed by atoms with Gasteiger partial charge >= 0.3 is 0 Å². The van der Waals surface area contributed by atoms with Gasteiger partial charge in [0.15, 0.2) is 0 Å². The van der Waals surface area contributed by atoms with Crippen LogP contribution >= 0.6 is 11.3 Å². The van der Waals surface area contributed by atoms with Crippen LogP contribution in [0, 0.1) is 0 Å². The second-order valence-electron chi connectivity index (χ2n) is 5.64. The zero-order valence-corrected chi connectivity index (χ0v) is 15.5. The number of fused-ring (bicyclic) bond motifs is 1. The number of carbonyl (C=O) groups is 1.